The third-order valence-corrected chi connectivity index (χ3v) is 5.89. The smallest absolute Gasteiger partial charge is 0.0717 e. The zero-order valence-electron chi connectivity index (χ0n) is 12.0. The third-order valence-electron chi connectivity index (χ3n) is 3.51. The van der Waals surface area contributed by atoms with E-state index in [4.69, 9.17) is 4.74 Å². The number of hydrogen-bond acceptors (Lipinski definition) is 1. The maximum atomic E-state index is 5.98. The Morgan fingerprint density at radius 3 is 1.81 bits per heavy atom. The lowest BCUT2D eigenvalue weighted by atomic mass is 9.86. The summed E-state index contributed by atoms with van der Waals surface area (Å²) in [5.74, 6) is 0. The van der Waals surface area contributed by atoms with Crippen LogP contribution in [-0.4, -0.2) is 17.3 Å². The molecule has 0 spiro atoms. The first-order valence-electron chi connectivity index (χ1n) is 7.05. The zero-order valence-corrected chi connectivity index (χ0v) is 15.1. The molecule has 21 heavy (non-hydrogen) atoms. The Bertz CT molecular complexity index is 509. The lowest BCUT2D eigenvalue weighted by molar-refractivity contribution is 0.0570. The van der Waals surface area contributed by atoms with Gasteiger partial charge in [0.05, 0.1) is 13.2 Å². The molecule has 112 valence electrons. The van der Waals surface area contributed by atoms with E-state index in [2.05, 4.69) is 74.3 Å². The molecule has 0 aliphatic rings. The second-order valence-corrected chi connectivity index (χ2v) is 6.53. The van der Waals surface area contributed by atoms with Gasteiger partial charge < -0.3 is 4.74 Å². The Morgan fingerprint density at radius 1 is 0.762 bits per heavy atom. The van der Waals surface area contributed by atoms with Gasteiger partial charge in [-0.05, 0) is 17.5 Å². The number of hydrogen-bond donors (Lipinski definition) is 0. The summed E-state index contributed by atoms with van der Waals surface area (Å²) in [7, 11) is 0. The molecule has 1 nitrogen and oxygen atoms in total. The fourth-order valence-electron chi connectivity index (χ4n) is 2.25. The van der Waals surface area contributed by atoms with Crippen molar-refractivity contribution in [2.75, 3.05) is 17.3 Å². The van der Waals surface area contributed by atoms with Crippen LogP contribution in [0.4, 0.5) is 0 Å². The summed E-state index contributed by atoms with van der Waals surface area (Å²) < 4.78 is 5.98. The van der Waals surface area contributed by atoms with E-state index in [1.54, 1.807) is 0 Å². The minimum Gasteiger partial charge on any atom is -0.376 e. The van der Waals surface area contributed by atoms with Crippen LogP contribution in [0.2, 0.25) is 0 Å². The van der Waals surface area contributed by atoms with Gasteiger partial charge in [-0.15, -0.1) is 0 Å². The van der Waals surface area contributed by atoms with Crippen LogP contribution >= 0.6 is 31.9 Å². The fraction of sp³-hybridized carbons (Fsp3) is 0.333. The largest absolute Gasteiger partial charge is 0.376 e. The third kappa shape index (κ3) is 5.24. The molecule has 0 aromatic heterocycles. The zero-order chi connectivity index (χ0) is 15.0. The summed E-state index contributed by atoms with van der Waals surface area (Å²) in [5.41, 5.74) is 2.64. The minimum atomic E-state index is 0.0795. The molecule has 0 radical (unpaired) electrons. The van der Waals surface area contributed by atoms with Crippen LogP contribution in [0.1, 0.15) is 11.1 Å². The van der Waals surface area contributed by atoms with E-state index in [9.17, 15) is 0 Å². The Morgan fingerprint density at radius 2 is 1.29 bits per heavy atom. The van der Waals surface area contributed by atoms with Gasteiger partial charge >= 0.3 is 0 Å². The first-order valence-corrected chi connectivity index (χ1v) is 9.30. The second kappa shape index (κ2) is 8.72. The van der Waals surface area contributed by atoms with Gasteiger partial charge in [-0.25, -0.2) is 0 Å². The summed E-state index contributed by atoms with van der Waals surface area (Å²) in [6.45, 7) is 1.39. The topological polar surface area (TPSA) is 9.23 Å². The normalized spacial score (nSPS) is 11.5. The molecular weight excluding hydrogens is 392 g/mol. The maximum Gasteiger partial charge on any atom is 0.0717 e. The van der Waals surface area contributed by atoms with Crippen molar-refractivity contribution in [3.8, 4) is 0 Å². The monoisotopic (exact) mass is 410 g/mol. The molecular formula is C18H20Br2O. The van der Waals surface area contributed by atoms with E-state index in [1.165, 1.54) is 11.1 Å². The molecule has 0 aliphatic heterocycles. The molecule has 0 bridgehead atoms. The van der Waals surface area contributed by atoms with Crippen molar-refractivity contribution >= 4 is 31.9 Å². The molecule has 2 aromatic rings. The highest BCUT2D eigenvalue weighted by Gasteiger charge is 2.28. The first kappa shape index (κ1) is 16.7. The molecule has 0 aliphatic carbocycles. The highest BCUT2D eigenvalue weighted by Crippen LogP contribution is 2.29. The van der Waals surface area contributed by atoms with Crippen molar-refractivity contribution in [3.05, 3.63) is 71.8 Å². The SMILES string of the molecule is BrCC(CBr)(COCc1ccccc1)Cc1ccccc1. The predicted molar refractivity (Wildman–Crippen MR) is 96.3 cm³/mol. The van der Waals surface area contributed by atoms with Crippen LogP contribution in [-0.2, 0) is 17.8 Å². The van der Waals surface area contributed by atoms with Crippen LogP contribution in [0.25, 0.3) is 0 Å². The van der Waals surface area contributed by atoms with Gasteiger partial charge in [0.25, 0.3) is 0 Å². The highest BCUT2D eigenvalue weighted by molar-refractivity contribution is 9.09. The average Bonchev–Trinajstić information content (AvgIpc) is 2.56. The van der Waals surface area contributed by atoms with Gasteiger partial charge in [0.15, 0.2) is 0 Å². The van der Waals surface area contributed by atoms with Crippen molar-refractivity contribution in [2.45, 2.75) is 13.0 Å². The van der Waals surface area contributed by atoms with E-state index in [0.29, 0.717) is 6.61 Å². The Hall–Kier alpha value is -0.640. The second-order valence-electron chi connectivity index (χ2n) is 5.41. The molecule has 0 amide bonds. The maximum absolute atomic E-state index is 5.98. The van der Waals surface area contributed by atoms with Gasteiger partial charge in [0.1, 0.15) is 0 Å². The van der Waals surface area contributed by atoms with E-state index in [0.717, 1.165) is 23.7 Å². The van der Waals surface area contributed by atoms with Crippen LogP contribution in [0.5, 0.6) is 0 Å². The average molecular weight is 412 g/mol. The number of benzene rings is 2. The van der Waals surface area contributed by atoms with E-state index < -0.39 is 0 Å². The van der Waals surface area contributed by atoms with E-state index >= 15 is 0 Å². The van der Waals surface area contributed by atoms with Gasteiger partial charge in [0.2, 0.25) is 0 Å². The summed E-state index contributed by atoms with van der Waals surface area (Å²) >= 11 is 7.33. The standard InChI is InChI=1S/C18H20Br2O/c19-13-18(14-20,11-16-7-3-1-4-8-16)15-21-12-17-9-5-2-6-10-17/h1-10H,11-15H2. The molecule has 3 heteroatoms. The van der Waals surface area contributed by atoms with Gasteiger partial charge in [-0.3, -0.25) is 0 Å². The first-order chi connectivity index (χ1) is 10.3. The van der Waals surface area contributed by atoms with Crippen molar-refractivity contribution < 1.29 is 4.74 Å². The molecule has 0 saturated carbocycles. The lowest BCUT2D eigenvalue weighted by Gasteiger charge is -2.30. The molecule has 0 N–H and O–H groups in total. The van der Waals surface area contributed by atoms with E-state index in [-0.39, 0.29) is 5.41 Å². The van der Waals surface area contributed by atoms with Gasteiger partial charge in [0, 0.05) is 16.1 Å². The Kier molecular flexibility index (Phi) is 6.94. The quantitative estimate of drug-likeness (QED) is 0.541. The Balaban J connectivity index is 1.94. The molecule has 0 atom stereocenters. The lowest BCUT2D eigenvalue weighted by Crippen LogP contribution is -2.33. The minimum absolute atomic E-state index is 0.0795. The molecule has 0 heterocycles. The van der Waals surface area contributed by atoms with Crippen molar-refractivity contribution in [1.82, 2.24) is 0 Å². The number of ether oxygens (including phenoxy) is 1. The van der Waals surface area contributed by atoms with Crippen molar-refractivity contribution in [2.24, 2.45) is 5.41 Å². The summed E-state index contributed by atoms with van der Waals surface area (Å²) in [4.78, 5) is 0. The van der Waals surface area contributed by atoms with Gasteiger partial charge in [-0.2, -0.15) is 0 Å². The predicted octanol–water partition coefficient (Wildman–Crippen LogP) is 5.22. The number of halogens is 2. The molecule has 0 saturated heterocycles. The molecule has 2 aromatic carbocycles. The van der Waals surface area contributed by atoms with Crippen LogP contribution in [0.3, 0.4) is 0 Å². The summed E-state index contributed by atoms with van der Waals surface area (Å²) in [5, 5.41) is 1.82. The van der Waals surface area contributed by atoms with Crippen LogP contribution < -0.4 is 0 Å². The molecule has 2 rings (SSSR count). The Labute approximate surface area is 144 Å². The molecule has 0 fully saturated rings. The van der Waals surface area contributed by atoms with Crippen LogP contribution in [0, 0.1) is 5.41 Å². The van der Waals surface area contributed by atoms with Gasteiger partial charge in [-0.1, -0.05) is 92.5 Å². The van der Waals surface area contributed by atoms with Crippen LogP contribution in [0.15, 0.2) is 60.7 Å². The number of rotatable bonds is 8. The fourth-order valence-corrected chi connectivity index (χ4v) is 3.90. The summed E-state index contributed by atoms with van der Waals surface area (Å²) in [6, 6.07) is 20.9. The van der Waals surface area contributed by atoms with Crippen molar-refractivity contribution in [3.63, 3.8) is 0 Å². The number of alkyl halides is 2. The molecule has 0 unspecified atom stereocenters. The highest BCUT2D eigenvalue weighted by atomic mass is 79.9. The van der Waals surface area contributed by atoms with E-state index in [1.807, 2.05) is 18.2 Å². The summed E-state index contributed by atoms with van der Waals surface area (Å²) in [6.07, 6.45) is 0.999. The van der Waals surface area contributed by atoms with Crippen molar-refractivity contribution in [1.29, 1.82) is 0 Å².